The number of nitrogens with zero attached hydrogens (tertiary/aromatic N) is 4. The lowest BCUT2D eigenvalue weighted by atomic mass is 10.2. The van der Waals surface area contributed by atoms with Crippen molar-refractivity contribution in [2.24, 2.45) is 0 Å². The summed E-state index contributed by atoms with van der Waals surface area (Å²) in [6.45, 7) is 5.99. The van der Waals surface area contributed by atoms with Crippen molar-refractivity contribution in [3.63, 3.8) is 0 Å². The van der Waals surface area contributed by atoms with E-state index in [2.05, 4.69) is 35.9 Å². The molecular formula is C11H11BrN4S. The summed E-state index contributed by atoms with van der Waals surface area (Å²) in [7, 11) is 0. The van der Waals surface area contributed by atoms with E-state index in [1.165, 1.54) is 11.8 Å². The van der Waals surface area contributed by atoms with Crippen LogP contribution in [0.15, 0.2) is 27.2 Å². The molecule has 0 aliphatic heterocycles. The predicted molar refractivity (Wildman–Crippen MR) is 70.1 cm³/mol. The van der Waals surface area contributed by atoms with Crippen molar-refractivity contribution in [2.45, 2.75) is 31.1 Å². The fraction of sp³-hybridized carbons (Fsp3) is 0.273. The van der Waals surface area contributed by atoms with E-state index < -0.39 is 0 Å². The Hall–Kier alpha value is -1.01. The lowest BCUT2D eigenvalue weighted by Gasteiger charge is -2.05. The molecule has 2 aromatic rings. The first-order valence-electron chi connectivity index (χ1n) is 5.03. The minimum atomic E-state index is 0.649. The van der Waals surface area contributed by atoms with Crippen molar-refractivity contribution in [3.05, 3.63) is 33.8 Å². The molecule has 0 atom stereocenters. The van der Waals surface area contributed by atoms with Crippen molar-refractivity contribution >= 4 is 27.7 Å². The monoisotopic (exact) mass is 310 g/mol. The molecule has 2 rings (SSSR count). The molecule has 0 aromatic carbocycles. The number of aromatic nitrogens is 4. The standard InChI is InChI=1S/C11H11BrN4S/c1-6-7(2)15-11(16-8(6)3)17-10-13-4-9(12)5-14-10/h4-5H,1-3H3. The fourth-order valence-corrected chi connectivity index (χ4v) is 2.17. The Morgan fingerprint density at radius 3 is 2.00 bits per heavy atom. The molecule has 0 unspecified atom stereocenters. The van der Waals surface area contributed by atoms with Crippen LogP contribution in [0.2, 0.25) is 0 Å². The average Bonchev–Trinajstić information content (AvgIpc) is 2.29. The highest BCUT2D eigenvalue weighted by molar-refractivity contribution is 9.10. The van der Waals surface area contributed by atoms with Gasteiger partial charge in [-0.05, 0) is 54.0 Å². The van der Waals surface area contributed by atoms with E-state index >= 15 is 0 Å². The van der Waals surface area contributed by atoms with Crippen molar-refractivity contribution in [3.8, 4) is 0 Å². The molecule has 0 aliphatic rings. The van der Waals surface area contributed by atoms with Gasteiger partial charge < -0.3 is 0 Å². The molecule has 0 aliphatic carbocycles. The zero-order valence-electron chi connectivity index (χ0n) is 9.73. The van der Waals surface area contributed by atoms with Crippen molar-refractivity contribution < 1.29 is 0 Å². The van der Waals surface area contributed by atoms with Crippen LogP contribution in [0.3, 0.4) is 0 Å². The van der Waals surface area contributed by atoms with Crippen LogP contribution in [-0.4, -0.2) is 19.9 Å². The summed E-state index contributed by atoms with van der Waals surface area (Å²) < 4.78 is 0.860. The molecule has 0 saturated heterocycles. The van der Waals surface area contributed by atoms with E-state index in [4.69, 9.17) is 0 Å². The molecule has 0 fully saturated rings. The second-order valence-corrected chi connectivity index (χ2v) is 5.44. The first kappa shape index (κ1) is 12.4. The molecule has 2 heterocycles. The highest BCUT2D eigenvalue weighted by Gasteiger charge is 2.07. The molecule has 17 heavy (non-hydrogen) atoms. The lowest BCUT2D eigenvalue weighted by Crippen LogP contribution is -1.98. The predicted octanol–water partition coefficient (Wildman–Crippen LogP) is 3.11. The Morgan fingerprint density at radius 2 is 1.47 bits per heavy atom. The van der Waals surface area contributed by atoms with E-state index in [1.807, 2.05) is 20.8 Å². The van der Waals surface area contributed by atoms with E-state index in [0.29, 0.717) is 10.3 Å². The van der Waals surface area contributed by atoms with Gasteiger partial charge in [-0.25, -0.2) is 19.9 Å². The maximum Gasteiger partial charge on any atom is 0.195 e. The second-order valence-electron chi connectivity index (χ2n) is 3.59. The molecule has 0 spiro atoms. The van der Waals surface area contributed by atoms with Crippen molar-refractivity contribution in [1.29, 1.82) is 0 Å². The van der Waals surface area contributed by atoms with E-state index in [-0.39, 0.29) is 0 Å². The molecule has 0 bridgehead atoms. The Morgan fingerprint density at radius 1 is 0.941 bits per heavy atom. The van der Waals surface area contributed by atoms with Crippen LogP contribution in [-0.2, 0) is 0 Å². The molecule has 2 aromatic heterocycles. The maximum atomic E-state index is 4.41. The summed E-state index contributed by atoms with van der Waals surface area (Å²) in [6, 6.07) is 0. The number of rotatable bonds is 2. The summed E-state index contributed by atoms with van der Waals surface area (Å²) in [5.74, 6) is 0. The Bertz CT molecular complexity index is 519. The normalized spacial score (nSPS) is 10.6. The van der Waals surface area contributed by atoms with Crippen LogP contribution < -0.4 is 0 Å². The largest absolute Gasteiger partial charge is 0.230 e. The quantitative estimate of drug-likeness (QED) is 0.798. The van der Waals surface area contributed by atoms with Gasteiger partial charge in [-0.3, -0.25) is 0 Å². The number of halogens is 1. The molecule has 6 heteroatoms. The smallest absolute Gasteiger partial charge is 0.195 e. The molecule has 0 amide bonds. The van der Waals surface area contributed by atoms with Gasteiger partial charge in [0, 0.05) is 23.8 Å². The van der Waals surface area contributed by atoms with E-state index in [9.17, 15) is 0 Å². The molecule has 0 N–H and O–H groups in total. The Labute approximate surface area is 112 Å². The highest BCUT2D eigenvalue weighted by atomic mass is 79.9. The number of hydrogen-bond donors (Lipinski definition) is 0. The zero-order chi connectivity index (χ0) is 12.4. The first-order valence-corrected chi connectivity index (χ1v) is 6.64. The van der Waals surface area contributed by atoms with Crippen LogP contribution in [0.1, 0.15) is 17.0 Å². The summed E-state index contributed by atoms with van der Waals surface area (Å²) in [4.78, 5) is 17.2. The van der Waals surface area contributed by atoms with Gasteiger partial charge in [0.1, 0.15) is 0 Å². The zero-order valence-corrected chi connectivity index (χ0v) is 12.1. The topological polar surface area (TPSA) is 51.6 Å². The molecule has 0 radical (unpaired) electrons. The van der Waals surface area contributed by atoms with Gasteiger partial charge >= 0.3 is 0 Å². The average molecular weight is 311 g/mol. The maximum absolute atomic E-state index is 4.41. The van der Waals surface area contributed by atoms with Gasteiger partial charge in [0.2, 0.25) is 0 Å². The van der Waals surface area contributed by atoms with Gasteiger partial charge in [0.25, 0.3) is 0 Å². The van der Waals surface area contributed by atoms with Crippen LogP contribution in [0.4, 0.5) is 0 Å². The van der Waals surface area contributed by atoms with Gasteiger partial charge in [-0.15, -0.1) is 0 Å². The summed E-state index contributed by atoms with van der Waals surface area (Å²) >= 11 is 4.67. The van der Waals surface area contributed by atoms with Gasteiger partial charge in [0.15, 0.2) is 10.3 Å². The minimum Gasteiger partial charge on any atom is -0.230 e. The number of aryl methyl sites for hydroxylation is 2. The van der Waals surface area contributed by atoms with Gasteiger partial charge in [-0.2, -0.15) is 0 Å². The van der Waals surface area contributed by atoms with Crippen LogP contribution >= 0.6 is 27.7 Å². The molecular weight excluding hydrogens is 300 g/mol. The highest BCUT2D eigenvalue weighted by Crippen LogP contribution is 2.23. The lowest BCUT2D eigenvalue weighted by molar-refractivity contribution is 0.868. The Kier molecular flexibility index (Phi) is 3.73. The van der Waals surface area contributed by atoms with Gasteiger partial charge in [-0.1, -0.05) is 0 Å². The van der Waals surface area contributed by atoms with Crippen LogP contribution in [0.5, 0.6) is 0 Å². The minimum absolute atomic E-state index is 0.649. The van der Waals surface area contributed by atoms with E-state index in [1.54, 1.807) is 12.4 Å². The summed E-state index contributed by atoms with van der Waals surface area (Å²) in [5, 5.41) is 1.34. The third-order valence-electron chi connectivity index (χ3n) is 2.39. The molecule has 88 valence electrons. The van der Waals surface area contributed by atoms with Crippen LogP contribution in [0.25, 0.3) is 0 Å². The van der Waals surface area contributed by atoms with E-state index in [0.717, 1.165) is 21.4 Å². The first-order chi connectivity index (χ1) is 8.06. The number of hydrogen-bond acceptors (Lipinski definition) is 5. The Balaban J connectivity index is 2.27. The van der Waals surface area contributed by atoms with Crippen LogP contribution in [0, 0.1) is 20.8 Å². The van der Waals surface area contributed by atoms with Gasteiger partial charge in [0.05, 0.1) is 4.47 Å². The summed E-state index contributed by atoms with van der Waals surface area (Å²) in [5.41, 5.74) is 3.13. The summed E-state index contributed by atoms with van der Waals surface area (Å²) in [6.07, 6.45) is 3.42. The molecule has 0 saturated carbocycles. The molecule has 4 nitrogen and oxygen atoms in total. The van der Waals surface area contributed by atoms with Crippen molar-refractivity contribution in [1.82, 2.24) is 19.9 Å². The fourth-order valence-electron chi connectivity index (χ4n) is 1.22. The van der Waals surface area contributed by atoms with Crippen molar-refractivity contribution in [2.75, 3.05) is 0 Å². The third-order valence-corrected chi connectivity index (χ3v) is 3.56. The second kappa shape index (κ2) is 5.10. The SMILES string of the molecule is Cc1nc(Sc2ncc(Br)cn2)nc(C)c1C. The third kappa shape index (κ3) is 3.01.